The van der Waals surface area contributed by atoms with Crippen LogP contribution in [0.2, 0.25) is 5.02 Å². The number of anilines is 1. The van der Waals surface area contributed by atoms with Gasteiger partial charge < -0.3 is 14.5 Å². The molecule has 4 aromatic rings. The maximum absolute atomic E-state index is 13.5. The Balaban J connectivity index is 1.32. The molecule has 1 atom stereocenters. The van der Waals surface area contributed by atoms with E-state index in [2.05, 4.69) is 16.1 Å². The molecule has 1 aromatic carbocycles. The van der Waals surface area contributed by atoms with E-state index in [1.165, 1.54) is 0 Å². The van der Waals surface area contributed by atoms with Crippen LogP contribution < -0.4 is 9.64 Å². The number of nitriles is 1. The number of carbonyl (C=O) groups excluding carboxylic acids is 1. The molecule has 0 aliphatic carbocycles. The van der Waals surface area contributed by atoms with Gasteiger partial charge in [0.25, 0.3) is 0 Å². The van der Waals surface area contributed by atoms with Gasteiger partial charge >= 0.3 is 0 Å². The highest BCUT2D eigenvalue weighted by Gasteiger charge is 2.30. The highest BCUT2D eigenvalue weighted by molar-refractivity contribution is 6.30. The van der Waals surface area contributed by atoms with Gasteiger partial charge in [0.05, 0.1) is 30.1 Å². The molecule has 1 aliphatic rings. The summed E-state index contributed by atoms with van der Waals surface area (Å²) < 4.78 is 7.39. The molecule has 0 N–H and O–H groups in total. The zero-order valence-corrected chi connectivity index (χ0v) is 23.0. The lowest BCUT2D eigenvalue weighted by Crippen LogP contribution is -2.51. The molecule has 0 saturated carbocycles. The van der Waals surface area contributed by atoms with Crippen molar-refractivity contribution in [3.05, 3.63) is 77.2 Å². The Bertz CT molecular complexity index is 1520. The molecule has 5 rings (SSSR count). The van der Waals surface area contributed by atoms with Crippen LogP contribution in [0.1, 0.15) is 24.1 Å². The fourth-order valence-corrected chi connectivity index (χ4v) is 5.24. The average molecular weight is 544 g/mol. The lowest BCUT2D eigenvalue weighted by molar-refractivity contribution is -0.136. The van der Waals surface area contributed by atoms with Gasteiger partial charge in [0.2, 0.25) is 5.91 Å². The van der Waals surface area contributed by atoms with Crippen LogP contribution in [0.4, 0.5) is 5.82 Å². The lowest BCUT2D eigenvalue weighted by atomic mass is 10.0. The van der Waals surface area contributed by atoms with Crippen molar-refractivity contribution in [2.45, 2.75) is 13.0 Å². The standard InChI is InChI=1S/C29H30ClN7O2/c1-4-39-24-15-25(27-22(16-31)18-33-37(27)19-24)21-8-9-26(32-17-21)35-10-12-36(13-11-35)29(38)28(34(2)3)20-6-5-7-23(30)14-20/h5-9,14-15,17-19,28H,4,10-13H2,1-3H3/t28-/m1/s1. The van der Waals surface area contributed by atoms with Crippen molar-refractivity contribution in [3.63, 3.8) is 0 Å². The van der Waals surface area contributed by atoms with Crippen molar-refractivity contribution in [1.82, 2.24) is 24.4 Å². The third kappa shape index (κ3) is 5.39. The topological polar surface area (TPSA) is 90.0 Å². The Morgan fingerprint density at radius 2 is 1.95 bits per heavy atom. The lowest BCUT2D eigenvalue weighted by Gasteiger charge is -2.38. The van der Waals surface area contributed by atoms with E-state index in [1.807, 2.05) is 79.5 Å². The predicted molar refractivity (Wildman–Crippen MR) is 151 cm³/mol. The third-order valence-corrected chi connectivity index (χ3v) is 7.14. The molecule has 39 heavy (non-hydrogen) atoms. The van der Waals surface area contributed by atoms with Crippen LogP contribution in [0.25, 0.3) is 16.6 Å². The molecule has 0 spiro atoms. The van der Waals surface area contributed by atoms with E-state index in [0.29, 0.717) is 49.1 Å². The van der Waals surface area contributed by atoms with Gasteiger partial charge in [-0.2, -0.15) is 10.4 Å². The number of carbonyl (C=O) groups is 1. The minimum absolute atomic E-state index is 0.0672. The van der Waals surface area contributed by atoms with Gasteiger partial charge in [0.1, 0.15) is 23.7 Å². The first-order valence-electron chi connectivity index (χ1n) is 12.9. The van der Waals surface area contributed by atoms with Gasteiger partial charge in [-0.15, -0.1) is 0 Å². The van der Waals surface area contributed by atoms with E-state index >= 15 is 0 Å². The summed E-state index contributed by atoms with van der Waals surface area (Å²) in [7, 11) is 3.82. The number of benzene rings is 1. The van der Waals surface area contributed by atoms with E-state index in [1.54, 1.807) is 16.9 Å². The number of halogens is 1. The number of aromatic nitrogens is 3. The summed E-state index contributed by atoms with van der Waals surface area (Å²) in [6.45, 7) is 5.02. The Hall–Kier alpha value is -4.13. The number of fused-ring (bicyclic) bond motifs is 1. The number of hydrogen-bond donors (Lipinski definition) is 0. The Morgan fingerprint density at radius 3 is 2.59 bits per heavy atom. The van der Waals surface area contributed by atoms with Crippen LogP contribution in [0, 0.1) is 11.3 Å². The normalized spacial score (nSPS) is 14.5. The van der Waals surface area contributed by atoms with Crippen LogP contribution in [-0.2, 0) is 4.79 Å². The third-order valence-electron chi connectivity index (χ3n) is 6.91. The fourth-order valence-electron chi connectivity index (χ4n) is 5.04. The number of hydrogen-bond acceptors (Lipinski definition) is 7. The molecule has 1 aliphatic heterocycles. The first-order valence-corrected chi connectivity index (χ1v) is 13.2. The zero-order chi connectivity index (χ0) is 27.5. The largest absolute Gasteiger partial charge is 0.492 e. The molecule has 0 radical (unpaired) electrons. The average Bonchev–Trinajstić information content (AvgIpc) is 3.36. The summed E-state index contributed by atoms with van der Waals surface area (Å²) in [4.78, 5) is 24.2. The predicted octanol–water partition coefficient (Wildman–Crippen LogP) is 4.27. The van der Waals surface area contributed by atoms with Gasteiger partial charge in [-0.1, -0.05) is 23.7 Å². The Labute approximate surface area is 232 Å². The zero-order valence-electron chi connectivity index (χ0n) is 22.2. The van der Waals surface area contributed by atoms with Crippen molar-refractivity contribution in [2.24, 2.45) is 0 Å². The van der Waals surface area contributed by atoms with Crippen molar-refractivity contribution < 1.29 is 9.53 Å². The summed E-state index contributed by atoms with van der Waals surface area (Å²) in [6, 6.07) is 15.2. The van der Waals surface area contributed by atoms with E-state index in [-0.39, 0.29) is 5.91 Å². The van der Waals surface area contributed by atoms with Gasteiger partial charge in [-0.25, -0.2) is 9.50 Å². The molecule has 9 nitrogen and oxygen atoms in total. The SMILES string of the molecule is CCOc1cc(-c2ccc(N3CCN(C(=O)[C@@H](c4cccc(Cl)c4)N(C)C)CC3)nc2)c2c(C#N)cnn2c1. The summed E-state index contributed by atoms with van der Waals surface area (Å²) in [5, 5.41) is 14.5. The van der Waals surface area contributed by atoms with E-state index in [9.17, 15) is 10.1 Å². The summed E-state index contributed by atoms with van der Waals surface area (Å²) >= 11 is 6.20. The molecule has 1 saturated heterocycles. The second kappa shape index (κ2) is 11.3. The quantitative estimate of drug-likeness (QED) is 0.344. The van der Waals surface area contributed by atoms with E-state index in [0.717, 1.165) is 28.0 Å². The number of piperazine rings is 1. The summed E-state index contributed by atoms with van der Waals surface area (Å²) in [5.74, 6) is 1.58. The summed E-state index contributed by atoms with van der Waals surface area (Å²) in [6.07, 6.45) is 5.15. The second-order valence-electron chi connectivity index (χ2n) is 9.62. The van der Waals surface area contributed by atoms with Crippen molar-refractivity contribution in [3.8, 4) is 22.9 Å². The van der Waals surface area contributed by atoms with E-state index in [4.69, 9.17) is 21.3 Å². The van der Waals surface area contributed by atoms with Gasteiger partial charge in [0.15, 0.2) is 0 Å². The monoisotopic (exact) mass is 543 g/mol. The van der Waals surface area contributed by atoms with Crippen molar-refractivity contribution in [2.75, 3.05) is 51.8 Å². The number of amides is 1. The molecule has 4 heterocycles. The summed E-state index contributed by atoms with van der Waals surface area (Å²) in [5.41, 5.74) is 3.80. The highest BCUT2D eigenvalue weighted by Crippen LogP contribution is 2.32. The van der Waals surface area contributed by atoms with Gasteiger partial charge in [-0.05, 0) is 56.9 Å². The van der Waals surface area contributed by atoms with Crippen LogP contribution in [0.15, 0.2) is 61.1 Å². The number of ether oxygens (including phenoxy) is 1. The van der Waals surface area contributed by atoms with Crippen LogP contribution in [-0.4, -0.2) is 77.2 Å². The first-order chi connectivity index (χ1) is 18.9. The molecule has 10 heteroatoms. The molecule has 0 unspecified atom stereocenters. The first kappa shape index (κ1) is 26.5. The number of likely N-dealkylation sites (N-methyl/N-ethyl adjacent to an activating group) is 1. The molecule has 1 fully saturated rings. The van der Waals surface area contributed by atoms with Gasteiger partial charge in [-0.3, -0.25) is 9.69 Å². The van der Waals surface area contributed by atoms with Crippen LogP contribution in [0.3, 0.4) is 0 Å². The fraction of sp³-hybridized carbons (Fsp3) is 0.310. The molecule has 200 valence electrons. The molecular formula is C29H30ClN7O2. The minimum atomic E-state index is -0.390. The Kier molecular flexibility index (Phi) is 7.68. The molecule has 3 aromatic heterocycles. The van der Waals surface area contributed by atoms with Gasteiger partial charge in [0, 0.05) is 48.5 Å². The number of nitrogens with zero attached hydrogens (tertiary/aromatic N) is 7. The maximum atomic E-state index is 13.5. The maximum Gasteiger partial charge on any atom is 0.244 e. The minimum Gasteiger partial charge on any atom is -0.492 e. The van der Waals surface area contributed by atoms with Crippen molar-refractivity contribution in [1.29, 1.82) is 5.26 Å². The van der Waals surface area contributed by atoms with Crippen molar-refractivity contribution >= 4 is 28.8 Å². The highest BCUT2D eigenvalue weighted by atomic mass is 35.5. The number of pyridine rings is 2. The van der Waals surface area contributed by atoms with E-state index < -0.39 is 6.04 Å². The number of rotatable bonds is 7. The van der Waals surface area contributed by atoms with Crippen LogP contribution in [0.5, 0.6) is 5.75 Å². The smallest absolute Gasteiger partial charge is 0.244 e. The Morgan fingerprint density at radius 1 is 1.15 bits per heavy atom. The molecule has 0 bridgehead atoms. The molecule has 1 amide bonds. The van der Waals surface area contributed by atoms with Crippen LogP contribution >= 0.6 is 11.6 Å². The molecular weight excluding hydrogens is 514 g/mol. The second-order valence-corrected chi connectivity index (χ2v) is 10.1.